The van der Waals surface area contributed by atoms with Gasteiger partial charge in [0.2, 0.25) is 0 Å². The van der Waals surface area contributed by atoms with Crippen LogP contribution in [-0.4, -0.2) is 36.8 Å². The van der Waals surface area contributed by atoms with Crippen molar-refractivity contribution in [2.24, 2.45) is 4.99 Å². The summed E-state index contributed by atoms with van der Waals surface area (Å²) in [4.78, 5) is 6.76. The molecule has 0 unspecified atom stereocenters. The fraction of sp³-hybridized carbons (Fsp3) is 0.875. The molecule has 0 N–H and O–H groups in total. The third-order valence-corrected chi connectivity index (χ3v) is 2.18. The molecule has 0 radical (unpaired) electrons. The third-order valence-electron chi connectivity index (χ3n) is 2.18. The Hall–Kier alpha value is -0.370. The molecule has 0 aromatic rings. The summed E-state index contributed by atoms with van der Waals surface area (Å²) in [6.07, 6.45) is 1.14. The molecular weight excluding hydrogens is 124 g/mol. The molecule has 0 aliphatic carbocycles. The van der Waals surface area contributed by atoms with Crippen molar-refractivity contribution in [1.29, 1.82) is 0 Å². The molecule has 0 amide bonds. The first-order valence-electron chi connectivity index (χ1n) is 3.90. The number of aliphatic imine (C=N–C) groups is 1. The van der Waals surface area contributed by atoms with E-state index in [0.29, 0.717) is 6.04 Å². The summed E-state index contributed by atoms with van der Waals surface area (Å²) in [5.74, 6) is 0. The van der Waals surface area contributed by atoms with E-state index >= 15 is 0 Å². The summed E-state index contributed by atoms with van der Waals surface area (Å²) >= 11 is 0. The van der Waals surface area contributed by atoms with Gasteiger partial charge in [0.25, 0.3) is 0 Å². The molecule has 1 rings (SSSR count). The molecular formula is C8H16N2. The Morgan fingerprint density at radius 3 is 3.00 bits per heavy atom. The summed E-state index contributed by atoms with van der Waals surface area (Å²) in [6, 6.07) is 0.672. The predicted octanol–water partition coefficient (Wildman–Crippen LogP) is 1.17. The highest BCUT2D eigenvalue weighted by Gasteiger charge is 2.12. The maximum atomic E-state index is 4.40. The highest BCUT2D eigenvalue weighted by molar-refractivity contribution is 5.82. The van der Waals surface area contributed by atoms with Crippen molar-refractivity contribution < 1.29 is 0 Å². The molecule has 1 heterocycles. The average molecular weight is 140 g/mol. The first-order chi connectivity index (χ1) is 4.70. The van der Waals surface area contributed by atoms with Crippen molar-refractivity contribution in [3.63, 3.8) is 0 Å². The maximum Gasteiger partial charge on any atom is 0.0516 e. The second-order valence-electron chi connectivity index (χ2n) is 3.15. The molecule has 1 atom stereocenters. The van der Waals surface area contributed by atoms with E-state index in [9.17, 15) is 0 Å². The van der Waals surface area contributed by atoms with Gasteiger partial charge in [0.1, 0.15) is 0 Å². The van der Waals surface area contributed by atoms with Crippen LogP contribution in [0.4, 0.5) is 0 Å². The number of hydrogen-bond donors (Lipinski definition) is 0. The van der Waals surface area contributed by atoms with E-state index in [1.165, 1.54) is 5.71 Å². The van der Waals surface area contributed by atoms with E-state index in [2.05, 4.69) is 30.8 Å². The van der Waals surface area contributed by atoms with Gasteiger partial charge in [-0.15, -0.1) is 0 Å². The lowest BCUT2D eigenvalue weighted by Gasteiger charge is -2.20. The first-order valence-corrected chi connectivity index (χ1v) is 3.90. The molecule has 0 saturated carbocycles. The zero-order valence-corrected chi connectivity index (χ0v) is 7.09. The summed E-state index contributed by atoms with van der Waals surface area (Å²) < 4.78 is 0. The Balaban J connectivity index is 2.53. The van der Waals surface area contributed by atoms with E-state index in [4.69, 9.17) is 0 Å². The Bertz CT molecular complexity index is 140. The molecule has 10 heavy (non-hydrogen) atoms. The van der Waals surface area contributed by atoms with Crippen molar-refractivity contribution in [3.05, 3.63) is 0 Å². The van der Waals surface area contributed by atoms with E-state index < -0.39 is 0 Å². The van der Waals surface area contributed by atoms with Crippen LogP contribution in [0.25, 0.3) is 0 Å². The predicted molar refractivity (Wildman–Crippen MR) is 44.7 cm³/mol. The maximum absolute atomic E-state index is 4.40. The van der Waals surface area contributed by atoms with Crippen LogP contribution in [0, 0.1) is 0 Å². The van der Waals surface area contributed by atoms with Crippen LogP contribution in [0.2, 0.25) is 0 Å². The lowest BCUT2D eigenvalue weighted by Crippen LogP contribution is -2.30. The Morgan fingerprint density at radius 2 is 2.30 bits per heavy atom. The minimum absolute atomic E-state index is 0.672. The van der Waals surface area contributed by atoms with Crippen LogP contribution in [0.5, 0.6) is 0 Å². The fourth-order valence-corrected chi connectivity index (χ4v) is 1.27. The standard InChI is InChI=1S/C8H16N2/c1-7-6-8(2)10(3)5-4-9-7/h8H,4-6H2,1-3H3/t8-/m1/s1. The van der Waals surface area contributed by atoms with Gasteiger partial charge in [-0.2, -0.15) is 0 Å². The van der Waals surface area contributed by atoms with Gasteiger partial charge in [0.05, 0.1) is 6.54 Å². The Kier molecular flexibility index (Phi) is 2.44. The summed E-state index contributed by atoms with van der Waals surface area (Å²) in [7, 11) is 2.17. The second kappa shape index (κ2) is 3.15. The highest BCUT2D eigenvalue weighted by atomic mass is 15.1. The van der Waals surface area contributed by atoms with E-state index in [0.717, 1.165) is 19.5 Å². The highest BCUT2D eigenvalue weighted by Crippen LogP contribution is 2.05. The van der Waals surface area contributed by atoms with Crippen molar-refractivity contribution in [2.45, 2.75) is 26.3 Å². The van der Waals surface area contributed by atoms with Crippen LogP contribution in [0.15, 0.2) is 4.99 Å². The molecule has 0 aromatic heterocycles. The fourth-order valence-electron chi connectivity index (χ4n) is 1.27. The molecule has 0 spiro atoms. The smallest absolute Gasteiger partial charge is 0.0516 e. The first kappa shape index (κ1) is 7.73. The van der Waals surface area contributed by atoms with Crippen LogP contribution < -0.4 is 0 Å². The third kappa shape index (κ3) is 1.81. The van der Waals surface area contributed by atoms with Crippen molar-refractivity contribution in [2.75, 3.05) is 20.1 Å². The molecule has 0 fully saturated rings. The monoisotopic (exact) mass is 140 g/mol. The minimum atomic E-state index is 0.672. The van der Waals surface area contributed by atoms with E-state index in [-0.39, 0.29) is 0 Å². The van der Waals surface area contributed by atoms with Gasteiger partial charge in [-0.25, -0.2) is 0 Å². The SMILES string of the molecule is CC1=NCCN(C)[C@H](C)C1. The van der Waals surface area contributed by atoms with Crippen molar-refractivity contribution >= 4 is 5.71 Å². The zero-order valence-electron chi connectivity index (χ0n) is 7.09. The Morgan fingerprint density at radius 1 is 1.60 bits per heavy atom. The molecule has 0 saturated heterocycles. The largest absolute Gasteiger partial charge is 0.301 e. The summed E-state index contributed by atoms with van der Waals surface area (Å²) in [5, 5.41) is 0. The number of rotatable bonds is 0. The topological polar surface area (TPSA) is 15.6 Å². The minimum Gasteiger partial charge on any atom is -0.301 e. The molecule has 1 aliphatic heterocycles. The number of nitrogens with zero attached hydrogens (tertiary/aromatic N) is 2. The molecule has 0 bridgehead atoms. The number of hydrogen-bond acceptors (Lipinski definition) is 2. The lowest BCUT2D eigenvalue weighted by molar-refractivity contribution is 0.277. The van der Waals surface area contributed by atoms with E-state index in [1.807, 2.05) is 0 Å². The van der Waals surface area contributed by atoms with Crippen molar-refractivity contribution in [3.8, 4) is 0 Å². The molecule has 1 aliphatic rings. The molecule has 2 nitrogen and oxygen atoms in total. The quantitative estimate of drug-likeness (QED) is 0.493. The average Bonchev–Trinajstić information content (AvgIpc) is 1.96. The van der Waals surface area contributed by atoms with Gasteiger partial charge in [-0.3, -0.25) is 4.99 Å². The van der Waals surface area contributed by atoms with Gasteiger partial charge < -0.3 is 4.90 Å². The zero-order chi connectivity index (χ0) is 7.56. The van der Waals surface area contributed by atoms with Gasteiger partial charge in [-0.1, -0.05) is 0 Å². The molecule has 0 aromatic carbocycles. The van der Waals surface area contributed by atoms with Gasteiger partial charge in [0.15, 0.2) is 0 Å². The normalized spacial score (nSPS) is 29.5. The van der Waals surface area contributed by atoms with Crippen LogP contribution in [-0.2, 0) is 0 Å². The molecule has 58 valence electrons. The van der Waals surface area contributed by atoms with Gasteiger partial charge in [0, 0.05) is 24.7 Å². The van der Waals surface area contributed by atoms with Crippen LogP contribution in [0.3, 0.4) is 0 Å². The van der Waals surface area contributed by atoms with Crippen LogP contribution in [0.1, 0.15) is 20.3 Å². The molecule has 2 heteroatoms. The second-order valence-corrected chi connectivity index (χ2v) is 3.15. The van der Waals surface area contributed by atoms with Crippen LogP contribution >= 0.6 is 0 Å². The lowest BCUT2D eigenvalue weighted by atomic mass is 10.1. The Labute approximate surface area is 62.9 Å². The van der Waals surface area contributed by atoms with Crippen molar-refractivity contribution in [1.82, 2.24) is 4.90 Å². The number of likely N-dealkylation sites (N-methyl/N-ethyl adjacent to an activating group) is 1. The van der Waals surface area contributed by atoms with E-state index in [1.54, 1.807) is 0 Å². The van der Waals surface area contributed by atoms with Gasteiger partial charge in [-0.05, 0) is 20.9 Å². The summed E-state index contributed by atoms with van der Waals surface area (Å²) in [6.45, 7) is 6.46. The van der Waals surface area contributed by atoms with Gasteiger partial charge >= 0.3 is 0 Å². The summed E-state index contributed by atoms with van der Waals surface area (Å²) in [5.41, 5.74) is 1.30.